The van der Waals surface area contributed by atoms with Crippen molar-refractivity contribution in [1.29, 1.82) is 0 Å². The van der Waals surface area contributed by atoms with Crippen LogP contribution in [0.2, 0.25) is 0 Å². The van der Waals surface area contributed by atoms with Crippen LogP contribution in [0.25, 0.3) is 0 Å². The van der Waals surface area contributed by atoms with Gasteiger partial charge in [0.05, 0.1) is 12.2 Å². The molecule has 1 N–H and O–H groups in total. The molecule has 4 nitrogen and oxygen atoms in total. The number of rotatable bonds is 2. The zero-order valence-electron chi connectivity index (χ0n) is 14.5. The summed E-state index contributed by atoms with van der Waals surface area (Å²) in [6, 6.07) is 4.19. The monoisotopic (exact) mass is 327 g/mol. The van der Waals surface area contributed by atoms with Crippen LogP contribution < -0.4 is 5.32 Å². The standard InChI is InChI=1S/C20H25NO3/c1-9-4-10(2)18(11(3)5-9)21-20(22)24-15-7-12-6-13(15)14-8-16-19(23-16)17(12)14/h4-5,12-17,19H,6-8H2,1-3H3,(H,21,22)/t12-,13+,14+,15-,16+,17+,19-/m0/s1. The molecule has 0 aromatic heterocycles. The molecule has 3 saturated carbocycles. The van der Waals surface area contributed by atoms with Crippen molar-refractivity contribution in [3.05, 3.63) is 28.8 Å². The average molecular weight is 327 g/mol. The van der Waals surface area contributed by atoms with Gasteiger partial charge in [0.15, 0.2) is 0 Å². The molecule has 1 aromatic carbocycles. The minimum absolute atomic E-state index is 0.0970. The molecule has 0 radical (unpaired) electrons. The Morgan fingerprint density at radius 2 is 1.88 bits per heavy atom. The van der Waals surface area contributed by atoms with E-state index in [0.717, 1.165) is 35.1 Å². The third kappa shape index (κ3) is 2.12. The van der Waals surface area contributed by atoms with Crippen LogP contribution in [0.4, 0.5) is 10.5 Å². The van der Waals surface area contributed by atoms with Crippen LogP contribution >= 0.6 is 0 Å². The van der Waals surface area contributed by atoms with Gasteiger partial charge in [-0.25, -0.2) is 4.79 Å². The Bertz CT molecular complexity index is 692. The first-order valence-corrected chi connectivity index (χ1v) is 9.22. The Balaban J connectivity index is 1.26. The fourth-order valence-corrected chi connectivity index (χ4v) is 6.05. The molecule has 1 saturated heterocycles. The third-order valence-electron chi connectivity index (χ3n) is 6.84. The van der Waals surface area contributed by atoms with Gasteiger partial charge in [0.2, 0.25) is 0 Å². The van der Waals surface area contributed by atoms with Crippen LogP contribution in [-0.4, -0.2) is 24.4 Å². The molecule has 1 aromatic rings. The number of carbonyl (C=O) groups is 1. The van der Waals surface area contributed by atoms with Gasteiger partial charge in [-0.15, -0.1) is 0 Å². The van der Waals surface area contributed by atoms with Crippen LogP contribution in [0.3, 0.4) is 0 Å². The van der Waals surface area contributed by atoms with E-state index in [4.69, 9.17) is 9.47 Å². The van der Waals surface area contributed by atoms with E-state index in [-0.39, 0.29) is 12.2 Å². The van der Waals surface area contributed by atoms with E-state index < -0.39 is 0 Å². The summed E-state index contributed by atoms with van der Waals surface area (Å²) in [6.45, 7) is 6.13. The van der Waals surface area contributed by atoms with E-state index in [9.17, 15) is 4.79 Å². The smallest absolute Gasteiger partial charge is 0.411 e. The molecule has 3 aliphatic carbocycles. The predicted octanol–water partition coefficient (Wildman–Crippen LogP) is 3.97. The van der Waals surface area contributed by atoms with Crippen molar-refractivity contribution in [2.45, 2.75) is 58.3 Å². The third-order valence-corrected chi connectivity index (χ3v) is 6.84. The lowest BCUT2D eigenvalue weighted by Crippen LogP contribution is -2.35. The molecule has 2 bridgehead atoms. The van der Waals surface area contributed by atoms with Crippen molar-refractivity contribution >= 4 is 11.8 Å². The van der Waals surface area contributed by atoms with Crippen molar-refractivity contribution in [3.8, 4) is 0 Å². The molecule has 128 valence electrons. The molecule has 7 atom stereocenters. The van der Waals surface area contributed by atoms with Crippen LogP contribution in [-0.2, 0) is 9.47 Å². The van der Waals surface area contributed by atoms with E-state index in [1.165, 1.54) is 18.4 Å². The molecule has 24 heavy (non-hydrogen) atoms. The molecule has 4 fully saturated rings. The van der Waals surface area contributed by atoms with E-state index in [1.807, 2.05) is 13.8 Å². The summed E-state index contributed by atoms with van der Waals surface area (Å²) in [5, 5.41) is 2.98. The fourth-order valence-electron chi connectivity index (χ4n) is 6.05. The SMILES string of the molecule is Cc1cc(C)c(NC(=O)O[C@H]2C[C@@H]3C[C@@H]2[C@H]2C[C@H]4O[C@@H]4[C@H]32)c(C)c1. The quantitative estimate of drug-likeness (QED) is 0.836. The van der Waals surface area contributed by atoms with E-state index in [1.54, 1.807) is 0 Å². The van der Waals surface area contributed by atoms with Crippen LogP contribution in [0.5, 0.6) is 0 Å². The number of ether oxygens (including phenoxy) is 2. The maximum Gasteiger partial charge on any atom is 0.411 e. The second-order valence-corrected chi connectivity index (χ2v) is 8.35. The lowest BCUT2D eigenvalue weighted by atomic mass is 9.79. The topological polar surface area (TPSA) is 50.9 Å². The Labute approximate surface area is 142 Å². The Kier molecular flexibility index (Phi) is 3.06. The number of fused-ring (bicyclic) bond motifs is 7. The van der Waals surface area contributed by atoms with Gasteiger partial charge in [0.25, 0.3) is 0 Å². The number of aryl methyl sites for hydroxylation is 3. The largest absolute Gasteiger partial charge is 0.446 e. The predicted molar refractivity (Wildman–Crippen MR) is 91.0 cm³/mol. The number of anilines is 1. The maximum absolute atomic E-state index is 12.4. The number of hydrogen-bond donors (Lipinski definition) is 1. The Morgan fingerprint density at radius 3 is 2.62 bits per heavy atom. The second kappa shape index (κ2) is 4.98. The van der Waals surface area contributed by atoms with Gasteiger partial charge >= 0.3 is 6.09 Å². The molecular formula is C20H25NO3. The zero-order chi connectivity index (χ0) is 16.6. The van der Waals surface area contributed by atoms with Gasteiger partial charge in [-0.05, 0) is 74.8 Å². The van der Waals surface area contributed by atoms with Gasteiger partial charge in [0.1, 0.15) is 6.10 Å². The molecule has 4 aliphatic rings. The molecule has 1 heterocycles. The minimum atomic E-state index is -0.293. The Morgan fingerprint density at radius 1 is 1.12 bits per heavy atom. The first-order chi connectivity index (χ1) is 11.5. The number of hydrogen-bond acceptors (Lipinski definition) is 3. The lowest BCUT2D eigenvalue weighted by Gasteiger charge is -2.32. The van der Waals surface area contributed by atoms with Crippen LogP contribution in [0.1, 0.15) is 36.0 Å². The highest BCUT2D eigenvalue weighted by atomic mass is 16.6. The molecule has 0 unspecified atom stereocenters. The highest BCUT2D eigenvalue weighted by Gasteiger charge is 2.67. The van der Waals surface area contributed by atoms with Gasteiger partial charge in [0, 0.05) is 5.69 Å². The fraction of sp³-hybridized carbons (Fsp3) is 0.650. The maximum atomic E-state index is 12.4. The van der Waals surface area contributed by atoms with Gasteiger partial charge in [-0.3, -0.25) is 5.32 Å². The van der Waals surface area contributed by atoms with E-state index in [0.29, 0.717) is 24.0 Å². The summed E-state index contributed by atoms with van der Waals surface area (Å²) in [5.74, 6) is 2.75. The van der Waals surface area contributed by atoms with Crippen molar-refractivity contribution in [1.82, 2.24) is 0 Å². The van der Waals surface area contributed by atoms with Crippen molar-refractivity contribution in [2.75, 3.05) is 5.32 Å². The average Bonchev–Trinajstić information content (AvgIpc) is 2.88. The molecule has 1 aliphatic heterocycles. The van der Waals surface area contributed by atoms with Crippen molar-refractivity contribution < 1.29 is 14.3 Å². The summed E-state index contributed by atoms with van der Waals surface area (Å²) in [4.78, 5) is 12.4. The first-order valence-electron chi connectivity index (χ1n) is 9.22. The zero-order valence-corrected chi connectivity index (χ0v) is 14.5. The summed E-state index contributed by atoms with van der Waals surface area (Å²) in [5.41, 5.74) is 4.28. The first kappa shape index (κ1) is 14.8. The van der Waals surface area contributed by atoms with Crippen LogP contribution in [0, 0.1) is 44.4 Å². The molecule has 4 heteroatoms. The molecule has 0 spiro atoms. The van der Waals surface area contributed by atoms with Gasteiger partial charge in [-0.1, -0.05) is 17.7 Å². The van der Waals surface area contributed by atoms with Gasteiger partial charge < -0.3 is 9.47 Å². The number of epoxide rings is 1. The minimum Gasteiger partial charge on any atom is -0.446 e. The molecule has 5 rings (SSSR count). The van der Waals surface area contributed by atoms with E-state index in [2.05, 4.69) is 24.4 Å². The lowest BCUT2D eigenvalue weighted by molar-refractivity contribution is 0.0251. The summed E-state index contributed by atoms with van der Waals surface area (Å²) in [7, 11) is 0. The number of benzene rings is 1. The molecular weight excluding hydrogens is 302 g/mol. The highest BCUT2D eigenvalue weighted by Crippen LogP contribution is 2.64. The van der Waals surface area contributed by atoms with Gasteiger partial charge in [-0.2, -0.15) is 0 Å². The van der Waals surface area contributed by atoms with Crippen molar-refractivity contribution in [3.63, 3.8) is 0 Å². The number of carbonyl (C=O) groups excluding carboxylic acids is 1. The highest BCUT2D eigenvalue weighted by molar-refractivity contribution is 5.87. The Hall–Kier alpha value is -1.55. The second-order valence-electron chi connectivity index (χ2n) is 8.35. The summed E-state index contributed by atoms with van der Waals surface area (Å²) < 4.78 is 11.6. The number of nitrogens with one attached hydrogen (secondary N) is 1. The summed E-state index contributed by atoms with van der Waals surface area (Å²) in [6.07, 6.45) is 4.31. The van der Waals surface area contributed by atoms with Crippen LogP contribution in [0.15, 0.2) is 12.1 Å². The normalized spacial score (nSPS) is 41.0. The number of amides is 1. The summed E-state index contributed by atoms with van der Waals surface area (Å²) >= 11 is 0. The van der Waals surface area contributed by atoms with E-state index >= 15 is 0 Å². The van der Waals surface area contributed by atoms with Crippen molar-refractivity contribution in [2.24, 2.45) is 23.7 Å². The molecule has 1 amide bonds.